The fourth-order valence-electron chi connectivity index (χ4n) is 5.81. The molecule has 0 spiro atoms. The maximum absolute atomic E-state index is 7.94. The summed E-state index contributed by atoms with van der Waals surface area (Å²) < 4.78 is 36.7. The van der Waals surface area contributed by atoms with Gasteiger partial charge in [-0.2, -0.15) is 0 Å². The molecule has 0 aliphatic heterocycles. The van der Waals surface area contributed by atoms with Crippen molar-refractivity contribution in [3.8, 4) is 0 Å². The molecule has 0 fully saturated rings. The molecule has 0 saturated heterocycles. The summed E-state index contributed by atoms with van der Waals surface area (Å²) >= 11 is 0. The van der Waals surface area contributed by atoms with Gasteiger partial charge in [0.05, 0.1) is 0 Å². The first-order valence-corrected chi connectivity index (χ1v) is 31.3. The zero-order valence-electron chi connectivity index (χ0n) is 29.2. The summed E-state index contributed by atoms with van der Waals surface area (Å²) in [6.07, 6.45) is 0. The molecule has 280 valence electrons. The molecule has 4 aromatic carbocycles. The second-order valence-electron chi connectivity index (χ2n) is 13.5. The summed E-state index contributed by atoms with van der Waals surface area (Å²) in [4.78, 5) is 0. The van der Waals surface area contributed by atoms with Crippen molar-refractivity contribution in [1.29, 1.82) is 0 Å². The average Bonchev–Trinajstić information content (AvgIpc) is 3.05. The highest BCUT2D eigenvalue weighted by molar-refractivity contribution is 7.08. The van der Waals surface area contributed by atoms with Gasteiger partial charge in [0, 0.05) is 6.55 Å². The van der Waals surface area contributed by atoms with Gasteiger partial charge in [-0.05, 0) is 66.6 Å². The lowest BCUT2D eigenvalue weighted by Gasteiger charge is -2.47. The van der Waals surface area contributed by atoms with Gasteiger partial charge in [-0.25, -0.2) is 0 Å². The Balaban J connectivity index is 0.00000625. The largest absolute Gasteiger partial charge is 0.470 e. The van der Waals surface area contributed by atoms with Gasteiger partial charge in [0.15, 0.2) is 8.32 Å². The van der Waals surface area contributed by atoms with E-state index in [2.05, 4.69) is 156 Å². The van der Waals surface area contributed by atoms with Crippen molar-refractivity contribution in [2.45, 2.75) is 82.1 Å². The van der Waals surface area contributed by atoms with Crippen molar-refractivity contribution in [2.75, 3.05) is 0 Å². The van der Waals surface area contributed by atoms with E-state index in [1.807, 2.05) is 42.2 Å². The van der Waals surface area contributed by atoms with Crippen molar-refractivity contribution >= 4 is 71.6 Å². The Bertz CT molecular complexity index is 1530. The third-order valence-electron chi connectivity index (χ3n) is 8.01. The van der Waals surface area contributed by atoms with E-state index in [4.69, 9.17) is 20.6 Å². The molecule has 4 aromatic rings. The third-order valence-corrected chi connectivity index (χ3v) is 31.6. The van der Waals surface area contributed by atoms with Crippen LogP contribution in [0.1, 0.15) is 29.7 Å². The highest BCUT2D eigenvalue weighted by Crippen LogP contribution is 2.30. The van der Waals surface area contributed by atoms with Crippen LogP contribution in [-0.4, -0.2) is 50.9 Å². The molecule has 0 aliphatic carbocycles. The standard InChI is InChI=1S/C36H50O5Si6.4CH4/c1-11-42(3,4)37-44(7,8)39-46(10,38-43(5,6)12-2)41-47(35-29-21-15-22-30-35,36-31-23-16-24-32-36)40-45(9,33-25-17-13-18-26-33)34-27-19-14-20-28-34;;;;/h11-32H,1-2H2,3-10H3;4*1H4. The predicted molar refractivity (Wildman–Crippen MR) is 238 cm³/mol. The quantitative estimate of drug-likeness (QED) is 0.106. The van der Waals surface area contributed by atoms with Crippen molar-refractivity contribution < 1.29 is 20.6 Å². The van der Waals surface area contributed by atoms with Gasteiger partial charge in [0.25, 0.3) is 0 Å². The molecule has 0 bridgehead atoms. The van der Waals surface area contributed by atoms with E-state index in [0.29, 0.717) is 0 Å². The van der Waals surface area contributed by atoms with Crippen molar-refractivity contribution in [2.24, 2.45) is 0 Å². The summed E-state index contributed by atoms with van der Waals surface area (Å²) in [5.41, 5.74) is 3.88. The minimum absolute atomic E-state index is 0. The van der Waals surface area contributed by atoms with Gasteiger partial charge < -0.3 is 20.6 Å². The van der Waals surface area contributed by atoms with Crippen LogP contribution in [-0.2, 0) is 20.6 Å². The first-order chi connectivity index (χ1) is 22.1. The van der Waals surface area contributed by atoms with Crippen LogP contribution < -0.4 is 20.7 Å². The molecule has 5 nitrogen and oxygen atoms in total. The summed E-state index contributed by atoms with van der Waals surface area (Å²) in [7, 11) is -17.7. The Morgan fingerprint density at radius 2 is 0.706 bits per heavy atom. The molecule has 0 saturated carbocycles. The minimum Gasteiger partial charge on any atom is -0.433 e. The minimum atomic E-state index is -3.64. The van der Waals surface area contributed by atoms with Gasteiger partial charge in [-0.15, -0.1) is 13.2 Å². The summed E-state index contributed by atoms with van der Waals surface area (Å²) in [5.74, 6) is 0. The SMILES string of the molecule is C.C.C.C.C=C[Si](C)(C)O[Si](C)(C)O[Si](C)(O[Si](C)(C)C=C)O[Si](O[Si](C)(c1ccccc1)c1ccccc1)(c1ccccc1)c1ccccc1. The van der Waals surface area contributed by atoms with Crippen molar-refractivity contribution in [3.63, 3.8) is 0 Å². The van der Waals surface area contributed by atoms with Crippen molar-refractivity contribution in [3.05, 3.63) is 146 Å². The van der Waals surface area contributed by atoms with Crippen LogP contribution in [0.25, 0.3) is 0 Å². The van der Waals surface area contributed by atoms with Crippen LogP contribution in [0.5, 0.6) is 0 Å². The second kappa shape index (κ2) is 19.5. The molecule has 0 N–H and O–H groups in total. The average molecular weight is 795 g/mol. The molecule has 4 rings (SSSR count). The lowest BCUT2D eigenvalue weighted by Crippen LogP contribution is -2.76. The van der Waals surface area contributed by atoms with Gasteiger partial charge >= 0.3 is 25.9 Å². The molecule has 0 amide bonds. The Morgan fingerprint density at radius 3 is 1.04 bits per heavy atom. The molecule has 51 heavy (non-hydrogen) atoms. The molecular formula is C40H66O5Si6. The van der Waals surface area contributed by atoms with Gasteiger partial charge in [-0.3, -0.25) is 0 Å². The zero-order valence-corrected chi connectivity index (χ0v) is 35.2. The highest BCUT2D eigenvalue weighted by Gasteiger charge is 2.58. The smallest absolute Gasteiger partial charge is 0.433 e. The topological polar surface area (TPSA) is 46.2 Å². The highest BCUT2D eigenvalue weighted by atomic mass is 28.5. The van der Waals surface area contributed by atoms with E-state index < -0.39 is 50.9 Å². The lowest BCUT2D eigenvalue weighted by atomic mass is 10.4. The summed E-state index contributed by atoms with van der Waals surface area (Å²) in [6.45, 7) is 25.2. The fraction of sp³-hybridized carbons (Fsp3) is 0.300. The van der Waals surface area contributed by atoms with Gasteiger partial charge in [-0.1, -0.05) is 162 Å². The Morgan fingerprint density at radius 1 is 0.392 bits per heavy atom. The molecule has 0 heterocycles. The van der Waals surface area contributed by atoms with E-state index in [-0.39, 0.29) is 29.7 Å². The second-order valence-corrected chi connectivity index (χ2v) is 34.9. The first-order valence-electron chi connectivity index (χ1n) is 16.1. The van der Waals surface area contributed by atoms with Crippen LogP contribution in [0.2, 0.25) is 52.4 Å². The van der Waals surface area contributed by atoms with Crippen LogP contribution in [0.3, 0.4) is 0 Å². The van der Waals surface area contributed by atoms with Crippen LogP contribution >= 0.6 is 0 Å². The molecule has 1 unspecified atom stereocenters. The van der Waals surface area contributed by atoms with E-state index in [1.54, 1.807) is 0 Å². The third kappa shape index (κ3) is 12.3. The molecule has 11 heteroatoms. The lowest BCUT2D eigenvalue weighted by molar-refractivity contribution is 0.222. The van der Waals surface area contributed by atoms with Gasteiger partial charge in [0.2, 0.25) is 16.6 Å². The maximum atomic E-state index is 7.94. The molecule has 1 atom stereocenters. The zero-order chi connectivity index (χ0) is 34.4. The maximum Gasteiger partial charge on any atom is 0.470 e. The number of benzene rings is 4. The van der Waals surface area contributed by atoms with Crippen molar-refractivity contribution in [1.82, 2.24) is 0 Å². The molecule has 0 radical (unpaired) electrons. The fourth-order valence-corrected chi connectivity index (χ4v) is 32.4. The van der Waals surface area contributed by atoms with Crippen LogP contribution in [0.15, 0.2) is 146 Å². The van der Waals surface area contributed by atoms with E-state index in [1.165, 1.54) is 0 Å². The number of hydrogen-bond donors (Lipinski definition) is 0. The summed E-state index contributed by atoms with van der Waals surface area (Å²) in [6, 6.07) is 41.9. The normalized spacial score (nSPS) is 13.2. The predicted octanol–water partition coefficient (Wildman–Crippen LogP) is 9.39. The van der Waals surface area contributed by atoms with Crippen LogP contribution in [0, 0.1) is 0 Å². The van der Waals surface area contributed by atoms with Crippen LogP contribution in [0.4, 0.5) is 0 Å². The Labute approximate surface area is 318 Å². The Kier molecular flexibility index (Phi) is 18.5. The Hall–Kier alpha value is -2.54. The number of rotatable bonds is 16. The molecule has 0 aromatic heterocycles. The van der Waals surface area contributed by atoms with E-state index in [9.17, 15) is 0 Å². The summed E-state index contributed by atoms with van der Waals surface area (Å²) in [5, 5.41) is 4.28. The monoisotopic (exact) mass is 794 g/mol. The van der Waals surface area contributed by atoms with E-state index >= 15 is 0 Å². The van der Waals surface area contributed by atoms with Gasteiger partial charge in [0.1, 0.15) is 0 Å². The van der Waals surface area contributed by atoms with E-state index in [0.717, 1.165) is 20.7 Å². The molecular weight excluding hydrogens is 729 g/mol. The first kappa shape index (κ1) is 48.5. The molecule has 0 aliphatic rings. The number of hydrogen-bond acceptors (Lipinski definition) is 5.